The van der Waals surface area contributed by atoms with Crippen LogP contribution in [0.3, 0.4) is 0 Å². The zero-order chi connectivity index (χ0) is 20.8. The minimum absolute atomic E-state index is 0.00308. The van der Waals surface area contributed by atoms with Crippen LogP contribution in [0.15, 0.2) is 54.0 Å². The fourth-order valence-electron chi connectivity index (χ4n) is 3.25. The number of aromatic nitrogens is 2. The van der Waals surface area contributed by atoms with Crippen LogP contribution in [0.25, 0.3) is 0 Å². The van der Waals surface area contributed by atoms with Crippen molar-refractivity contribution in [2.75, 3.05) is 31.6 Å². The molecule has 1 aliphatic heterocycles. The van der Waals surface area contributed by atoms with E-state index < -0.39 is 0 Å². The lowest BCUT2D eigenvalue weighted by atomic mass is 10.1. The van der Waals surface area contributed by atoms with Crippen molar-refractivity contribution < 1.29 is 14.3 Å². The SMILES string of the molecule is CCOCc1ccc(C(=O)N2CCOC(c3cccc(Nc4nccs4)n3)C2)cc1. The van der Waals surface area contributed by atoms with E-state index in [0.29, 0.717) is 44.3 Å². The highest BCUT2D eigenvalue weighted by molar-refractivity contribution is 7.13. The van der Waals surface area contributed by atoms with Crippen LogP contribution in [0.5, 0.6) is 0 Å². The van der Waals surface area contributed by atoms with Gasteiger partial charge >= 0.3 is 0 Å². The van der Waals surface area contributed by atoms with Crippen LogP contribution in [-0.4, -0.2) is 47.1 Å². The maximum Gasteiger partial charge on any atom is 0.254 e. The molecule has 0 saturated carbocycles. The average Bonchev–Trinajstić information content (AvgIpc) is 3.31. The van der Waals surface area contributed by atoms with E-state index in [2.05, 4.69) is 15.3 Å². The summed E-state index contributed by atoms with van der Waals surface area (Å²) < 4.78 is 11.3. The number of nitrogens with one attached hydrogen (secondary N) is 1. The van der Waals surface area contributed by atoms with Crippen molar-refractivity contribution in [2.45, 2.75) is 19.6 Å². The number of morpholine rings is 1. The molecule has 7 nitrogen and oxygen atoms in total. The zero-order valence-corrected chi connectivity index (χ0v) is 17.6. The van der Waals surface area contributed by atoms with Crippen LogP contribution in [0.2, 0.25) is 0 Å². The maximum atomic E-state index is 13.0. The van der Waals surface area contributed by atoms with Gasteiger partial charge in [-0.2, -0.15) is 0 Å². The van der Waals surface area contributed by atoms with E-state index >= 15 is 0 Å². The number of nitrogens with zero attached hydrogens (tertiary/aromatic N) is 3. The van der Waals surface area contributed by atoms with Crippen molar-refractivity contribution in [1.82, 2.24) is 14.9 Å². The Morgan fingerprint density at radius 2 is 2.17 bits per heavy atom. The number of anilines is 2. The Labute approximate surface area is 179 Å². The molecule has 1 fully saturated rings. The highest BCUT2D eigenvalue weighted by atomic mass is 32.1. The highest BCUT2D eigenvalue weighted by Crippen LogP contribution is 2.24. The molecule has 1 N–H and O–H groups in total. The van der Waals surface area contributed by atoms with Gasteiger partial charge in [0.1, 0.15) is 11.9 Å². The van der Waals surface area contributed by atoms with Crippen molar-refractivity contribution in [3.8, 4) is 0 Å². The summed E-state index contributed by atoms with van der Waals surface area (Å²) >= 11 is 1.51. The van der Waals surface area contributed by atoms with Gasteiger partial charge in [0.2, 0.25) is 0 Å². The van der Waals surface area contributed by atoms with Crippen LogP contribution in [0, 0.1) is 0 Å². The molecule has 3 heterocycles. The number of ether oxygens (including phenoxy) is 2. The van der Waals surface area contributed by atoms with Crippen molar-refractivity contribution >= 4 is 28.2 Å². The lowest BCUT2D eigenvalue weighted by molar-refractivity contribution is -0.0246. The van der Waals surface area contributed by atoms with Crippen LogP contribution in [0.1, 0.15) is 34.6 Å². The fraction of sp³-hybridized carbons (Fsp3) is 0.318. The van der Waals surface area contributed by atoms with Crippen LogP contribution < -0.4 is 5.32 Å². The first-order chi connectivity index (χ1) is 14.7. The fourth-order valence-corrected chi connectivity index (χ4v) is 3.79. The zero-order valence-electron chi connectivity index (χ0n) is 16.8. The highest BCUT2D eigenvalue weighted by Gasteiger charge is 2.27. The molecule has 1 amide bonds. The number of benzene rings is 1. The predicted molar refractivity (Wildman–Crippen MR) is 116 cm³/mol. The van der Waals surface area contributed by atoms with Gasteiger partial charge in [-0.05, 0) is 36.8 Å². The van der Waals surface area contributed by atoms with Crippen molar-refractivity contribution in [3.63, 3.8) is 0 Å². The van der Waals surface area contributed by atoms with Gasteiger partial charge in [0.15, 0.2) is 5.13 Å². The Kier molecular flexibility index (Phi) is 6.68. The minimum atomic E-state index is -0.266. The molecular weight excluding hydrogens is 400 g/mol. The normalized spacial score (nSPS) is 16.4. The Morgan fingerprint density at radius 1 is 1.30 bits per heavy atom. The topological polar surface area (TPSA) is 76.6 Å². The van der Waals surface area contributed by atoms with E-state index in [4.69, 9.17) is 9.47 Å². The number of carbonyl (C=O) groups is 1. The first-order valence-electron chi connectivity index (χ1n) is 9.94. The molecule has 1 saturated heterocycles. The van der Waals surface area contributed by atoms with E-state index in [0.717, 1.165) is 16.4 Å². The van der Waals surface area contributed by atoms with Gasteiger partial charge in [-0.25, -0.2) is 9.97 Å². The van der Waals surface area contributed by atoms with Gasteiger partial charge < -0.3 is 19.7 Å². The standard InChI is InChI=1S/C22H24N4O3S/c1-2-28-15-16-6-8-17(9-7-16)21(27)26-11-12-29-19(14-26)18-4-3-5-20(24-18)25-22-23-10-13-30-22/h3-10,13,19H,2,11-12,14-15H2,1H3,(H,23,24,25). The molecule has 1 aromatic carbocycles. The summed E-state index contributed by atoms with van der Waals surface area (Å²) in [7, 11) is 0. The van der Waals surface area contributed by atoms with Gasteiger partial charge in [-0.1, -0.05) is 18.2 Å². The number of carbonyl (C=O) groups excluding carboxylic acids is 1. The molecule has 1 unspecified atom stereocenters. The number of pyridine rings is 1. The number of hydrogen-bond acceptors (Lipinski definition) is 7. The predicted octanol–water partition coefficient (Wildman–Crippen LogP) is 4.03. The van der Waals surface area contributed by atoms with Crippen molar-refractivity contribution in [3.05, 3.63) is 70.9 Å². The third-order valence-corrected chi connectivity index (χ3v) is 5.48. The molecule has 30 heavy (non-hydrogen) atoms. The molecule has 4 rings (SSSR count). The first-order valence-corrected chi connectivity index (χ1v) is 10.8. The molecule has 1 atom stereocenters. The molecular formula is C22H24N4O3S. The van der Waals surface area contributed by atoms with Gasteiger partial charge in [0.25, 0.3) is 5.91 Å². The molecule has 0 aliphatic carbocycles. The smallest absolute Gasteiger partial charge is 0.254 e. The van der Waals surface area contributed by atoms with Gasteiger partial charge in [0, 0.05) is 30.3 Å². The number of hydrogen-bond donors (Lipinski definition) is 1. The molecule has 3 aromatic rings. The van der Waals surface area contributed by atoms with Crippen molar-refractivity contribution in [2.24, 2.45) is 0 Å². The molecule has 2 aromatic heterocycles. The summed E-state index contributed by atoms with van der Waals surface area (Å²) in [5.74, 6) is 0.711. The van der Waals surface area contributed by atoms with Gasteiger partial charge in [-0.15, -0.1) is 11.3 Å². The van der Waals surface area contributed by atoms with E-state index in [1.165, 1.54) is 11.3 Å². The molecule has 0 radical (unpaired) electrons. The summed E-state index contributed by atoms with van der Waals surface area (Å²) in [5, 5.41) is 5.88. The van der Waals surface area contributed by atoms with E-state index in [9.17, 15) is 4.79 Å². The molecule has 8 heteroatoms. The molecule has 156 valence electrons. The molecule has 0 spiro atoms. The van der Waals surface area contributed by atoms with Gasteiger partial charge in [0.05, 0.1) is 25.5 Å². The third-order valence-electron chi connectivity index (χ3n) is 4.80. The Hall–Kier alpha value is -2.81. The lowest BCUT2D eigenvalue weighted by Crippen LogP contribution is -2.42. The summed E-state index contributed by atoms with van der Waals surface area (Å²) in [4.78, 5) is 23.7. The van der Waals surface area contributed by atoms with E-state index in [1.54, 1.807) is 6.20 Å². The largest absolute Gasteiger partial charge is 0.377 e. The van der Waals surface area contributed by atoms with Crippen molar-refractivity contribution in [1.29, 1.82) is 0 Å². The van der Waals surface area contributed by atoms with E-state index in [1.807, 2.05) is 59.7 Å². The van der Waals surface area contributed by atoms with Crippen LogP contribution in [-0.2, 0) is 16.1 Å². The molecule has 1 aliphatic rings. The van der Waals surface area contributed by atoms with Crippen LogP contribution >= 0.6 is 11.3 Å². The second kappa shape index (κ2) is 9.80. The summed E-state index contributed by atoms with van der Waals surface area (Å²) in [6.07, 6.45) is 1.48. The summed E-state index contributed by atoms with van der Waals surface area (Å²) in [5.41, 5.74) is 2.52. The Bertz CT molecular complexity index is 963. The second-order valence-corrected chi connectivity index (χ2v) is 7.75. The molecule has 0 bridgehead atoms. The number of rotatable bonds is 7. The third kappa shape index (κ3) is 5.02. The van der Waals surface area contributed by atoms with Gasteiger partial charge in [-0.3, -0.25) is 4.79 Å². The Balaban J connectivity index is 1.42. The Morgan fingerprint density at radius 3 is 2.93 bits per heavy atom. The van der Waals surface area contributed by atoms with E-state index in [-0.39, 0.29) is 12.0 Å². The maximum absolute atomic E-state index is 13.0. The number of thiazole rings is 1. The number of amides is 1. The summed E-state index contributed by atoms with van der Waals surface area (Å²) in [6, 6.07) is 13.3. The minimum Gasteiger partial charge on any atom is -0.377 e. The first kappa shape index (κ1) is 20.5. The second-order valence-electron chi connectivity index (χ2n) is 6.85. The lowest BCUT2D eigenvalue weighted by Gasteiger charge is -2.33. The summed E-state index contributed by atoms with van der Waals surface area (Å²) in [6.45, 7) is 4.70. The van der Waals surface area contributed by atoms with Crippen LogP contribution in [0.4, 0.5) is 10.9 Å². The average molecular weight is 425 g/mol. The quantitative estimate of drug-likeness (QED) is 0.617. The monoisotopic (exact) mass is 424 g/mol.